The molecule has 3 aromatic rings. The minimum atomic E-state index is -3.88. The van der Waals surface area contributed by atoms with Crippen LogP contribution in [0.15, 0.2) is 60.0 Å². The minimum Gasteiger partial charge on any atom is -0.265 e. The summed E-state index contributed by atoms with van der Waals surface area (Å²) in [4.78, 5) is 7.87. The van der Waals surface area contributed by atoms with E-state index in [-0.39, 0.29) is 16.3 Å². The lowest BCUT2D eigenvalue weighted by Gasteiger charge is -2.03. The maximum atomic E-state index is 12.5. The molecule has 0 N–H and O–H groups in total. The summed E-state index contributed by atoms with van der Waals surface area (Å²) in [6.45, 7) is 0. The van der Waals surface area contributed by atoms with E-state index in [1.54, 1.807) is 24.5 Å². The number of aromatic nitrogens is 4. The standard InChI is InChI=1S/C14H9N5O2S/c15-9-11-2-1-3-13(8-11)22(20,21)19-10-17-14(18-19)12-4-6-16-7-5-12/h1-8,10H. The summed E-state index contributed by atoms with van der Waals surface area (Å²) in [5.74, 6) is 0.280. The van der Waals surface area contributed by atoms with Crippen LogP contribution in [0.4, 0.5) is 0 Å². The van der Waals surface area contributed by atoms with Crippen molar-refractivity contribution in [1.82, 2.24) is 19.2 Å². The van der Waals surface area contributed by atoms with Gasteiger partial charge in [0.2, 0.25) is 0 Å². The normalized spacial score (nSPS) is 11.0. The highest BCUT2D eigenvalue weighted by Crippen LogP contribution is 2.17. The van der Waals surface area contributed by atoms with E-state index in [9.17, 15) is 8.42 Å². The second-order valence-corrected chi connectivity index (χ2v) is 6.12. The van der Waals surface area contributed by atoms with Crippen molar-refractivity contribution >= 4 is 10.0 Å². The van der Waals surface area contributed by atoms with Gasteiger partial charge in [0.25, 0.3) is 10.0 Å². The van der Waals surface area contributed by atoms with E-state index in [1.165, 1.54) is 24.3 Å². The van der Waals surface area contributed by atoms with Gasteiger partial charge in [0.05, 0.1) is 16.5 Å². The maximum Gasteiger partial charge on any atom is 0.284 e. The Morgan fingerprint density at radius 1 is 1.14 bits per heavy atom. The van der Waals surface area contributed by atoms with E-state index in [0.29, 0.717) is 5.56 Å². The highest BCUT2D eigenvalue weighted by molar-refractivity contribution is 7.89. The zero-order chi connectivity index (χ0) is 15.6. The monoisotopic (exact) mass is 311 g/mol. The molecule has 3 rings (SSSR count). The Kier molecular flexibility index (Phi) is 3.40. The highest BCUT2D eigenvalue weighted by atomic mass is 32.2. The number of nitriles is 1. The molecule has 2 aromatic heterocycles. The minimum absolute atomic E-state index is 0.0160. The smallest absolute Gasteiger partial charge is 0.265 e. The lowest BCUT2D eigenvalue weighted by atomic mass is 10.2. The second-order valence-electron chi connectivity index (χ2n) is 4.32. The van der Waals surface area contributed by atoms with Crippen LogP contribution in [0.2, 0.25) is 0 Å². The third-order valence-electron chi connectivity index (χ3n) is 2.92. The van der Waals surface area contributed by atoms with E-state index in [1.807, 2.05) is 6.07 Å². The number of rotatable bonds is 3. The molecule has 7 nitrogen and oxygen atoms in total. The average molecular weight is 311 g/mol. The van der Waals surface area contributed by atoms with Crippen molar-refractivity contribution in [2.45, 2.75) is 4.90 Å². The van der Waals surface area contributed by atoms with E-state index < -0.39 is 10.0 Å². The van der Waals surface area contributed by atoms with Crippen LogP contribution in [-0.2, 0) is 10.0 Å². The largest absolute Gasteiger partial charge is 0.284 e. The lowest BCUT2D eigenvalue weighted by molar-refractivity contribution is 0.580. The van der Waals surface area contributed by atoms with Crippen LogP contribution in [0.5, 0.6) is 0 Å². The summed E-state index contributed by atoms with van der Waals surface area (Å²) in [7, 11) is -3.88. The van der Waals surface area contributed by atoms with Crippen LogP contribution >= 0.6 is 0 Å². The molecular formula is C14H9N5O2S. The van der Waals surface area contributed by atoms with Crippen molar-refractivity contribution in [3.8, 4) is 17.5 Å². The summed E-state index contributed by atoms with van der Waals surface area (Å²) >= 11 is 0. The molecule has 0 amide bonds. The summed E-state index contributed by atoms with van der Waals surface area (Å²) in [5.41, 5.74) is 0.922. The van der Waals surface area contributed by atoms with Crippen molar-refractivity contribution in [1.29, 1.82) is 5.26 Å². The number of pyridine rings is 1. The van der Waals surface area contributed by atoms with Crippen LogP contribution in [-0.4, -0.2) is 27.6 Å². The van der Waals surface area contributed by atoms with Crippen LogP contribution < -0.4 is 0 Å². The molecule has 0 spiro atoms. The first kappa shape index (κ1) is 13.9. The molecule has 0 saturated carbocycles. The summed E-state index contributed by atoms with van der Waals surface area (Å²) < 4.78 is 25.8. The fourth-order valence-corrected chi connectivity index (χ4v) is 2.93. The zero-order valence-electron chi connectivity index (χ0n) is 11.2. The molecule has 8 heteroatoms. The first-order valence-corrected chi connectivity index (χ1v) is 7.63. The quantitative estimate of drug-likeness (QED) is 0.725. The molecule has 2 heterocycles. The Morgan fingerprint density at radius 2 is 1.91 bits per heavy atom. The summed E-state index contributed by atoms with van der Waals surface area (Å²) in [5, 5.41) is 12.9. The molecule has 0 fully saturated rings. The van der Waals surface area contributed by atoms with E-state index >= 15 is 0 Å². The van der Waals surface area contributed by atoms with E-state index in [4.69, 9.17) is 5.26 Å². The molecule has 0 aliphatic rings. The Morgan fingerprint density at radius 3 is 2.64 bits per heavy atom. The third-order valence-corrected chi connectivity index (χ3v) is 4.44. The number of hydrogen-bond acceptors (Lipinski definition) is 6. The van der Waals surface area contributed by atoms with Crippen LogP contribution in [0, 0.1) is 11.3 Å². The van der Waals surface area contributed by atoms with Gasteiger partial charge >= 0.3 is 0 Å². The fraction of sp³-hybridized carbons (Fsp3) is 0. The Hall–Kier alpha value is -3.05. The van der Waals surface area contributed by atoms with Crippen molar-refractivity contribution < 1.29 is 8.42 Å². The second kappa shape index (κ2) is 5.38. The molecule has 0 unspecified atom stereocenters. The molecule has 0 aliphatic heterocycles. The Bertz CT molecular complexity index is 958. The van der Waals surface area contributed by atoms with E-state index in [0.717, 1.165) is 10.4 Å². The molecule has 0 atom stereocenters. The fourth-order valence-electron chi connectivity index (χ4n) is 1.83. The maximum absolute atomic E-state index is 12.5. The molecular weight excluding hydrogens is 302 g/mol. The molecule has 0 radical (unpaired) electrons. The van der Waals surface area contributed by atoms with Gasteiger partial charge in [-0.2, -0.15) is 13.7 Å². The predicted molar refractivity (Wildman–Crippen MR) is 77.0 cm³/mol. The molecule has 0 saturated heterocycles. The number of benzene rings is 1. The topological polar surface area (TPSA) is 102 Å². The number of nitrogens with zero attached hydrogens (tertiary/aromatic N) is 5. The van der Waals surface area contributed by atoms with Gasteiger partial charge in [-0.1, -0.05) is 6.07 Å². The summed E-state index contributed by atoms with van der Waals surface area (Å²) in [6.07, 6.45) is 4.27. The first-order valence-electron chi connectivity index (χ1n) is 6.19. The van der Waals surface area contributed by atoms with Gasteiger partial charge in [0.15, 0.2) is 5.82 Å². The van der Waals surface area contributed by atoms with Crippen molar-refractivity contribution in [2.24, 2.45) is 0 Å². The SMILES string of the molecule is N#Cc1cccc(S(=O)(=O)n2cnc(-c3ccncc3)n2)c1. The van der Waals surface area contributed by atoms with Gasteiger partial charge in [-0.15, -0.1) is 9.19 Å². The molecule has 0 bridgehead atoms. The van der Waals surface area contributed by atoms with Gasteiger partial charge in [0, 0.05) is 18.0 Å². The zero-order valence-corrected chi connectivity index (χ0v) is 12.0. The Labute approximate surface area is 126 Å². The molecule has 1 aromatic carbocycles. The number of hydrogen-bond donors (Lipinski definition) is 0. The van der Waals surface area contributed by atoms with Crippen LogP contribution in [0.3, 0.4) is 0 Å². The van der Waals surface area contributed by atoms with Gasteiger partial charge in [-0.3, -0.25) is 4.98 Å². The molecule has 0 aliphatic carbocycles. The Balaban J connectivity index is 2.04. The van der Waals surface area contributed by atoms with Gasteiger partial charge in [-0.25, -0.2) is 4.98 Å². The van der Waals surface area contributed by atoms with Crippen LogP contribution in [0.1, 0.15) is 5.56 Å². The lowest BCUT2D eigenvalue weighted by Crippen LogP contribution is -2.13. The van der Waals surface area contributed by atoms with Crippen molar-refractivity contribution in [3.63, 3.8) is 0 Å². The van der Waals surface area contributed by atoms with E-state index in [2.05, 4.69) is 15.1 Å². The van der Waals surface area contributed by atoms with Crippen molar-refractivity contribution in [2.75, 3.05) is 0 Å². The van der Waals surface area contributed by atoms with Crippen LogP contribution in [0.25, 0.3) is 11.4 Å². The van der Waals surface area contributed by atoms with Gasteiger partial charge < -0.3 is 0 Å². The first-order chi connectivity index (χ1) is 10.6. The van der Waals surface area contributed by atoms with Gasteiger partial charge in [0.1, 0.15) is 6.33 Å². The average Bonchev–Trinajstić information content (AvgIpc) is 3.06. The predicted octanol–water partition coefficient (Wildman–Crippen LogP) is 1.45. The highest BCUT2D eigenvalue weighted by Gasteiger charge is 2.19. The third kappa shape index (κ3) is 2.45. The van der Waals surface area contributed by atoms with Gasteiger partial charge in [-0.05, 0) is 30.3 Å². The molecule has 22 heavy (non-hydrogen) atoms. The van der Waals surface area contributed by atoms with Crippen molar-refractivity contribution in [3.05, 3.63) is 60.7 Å². The summed E-state index contributed by atoms with van der Waals surface area (Å²) in [6, 6.07) is 11.0. The molecule has 108 valence electrons.